The number of thiophene rings is 1. The van der Waals surface area contributed by atoms with Gasteiger partial charge in [-0.05, 0) is 60.8 Å². The number of fused-ring (bicyclic) bond motifs is 1. The van der Waals surface area contributed by atoms with E-state index >= 15 is 0 Å². The molecule has 1 fully saturated rings. The Hall–Kier alpha value is -1.98. The van der Waals surface area contributed by atoms with Crippen LogP contribution in [0, 0.1) is 0 Å². The first kappa shape index (κ1) is 14.6. The Morgan fingerprint density at radius 3 is 3.04 bits per heavy atom. The fraction of sp³-hybridized carbons (Fsp3) is 0.333. The molecule has 2 atom stereocenters. The van der Waals surface area contributed by atoms with Crippen LogP contribution in [0.4, 0.5) is 0 Å². The van der Waals surface area contributed by atoms with Crippen LogP contribution in [-0.2, 0) is 0 Å². The second-order valence-electron chi connectivity index (χ2n) is 6.10. The summed E-state index contributed by atoms with van der Waals surface area (Å²) in [4.78, 5) is 22.5. The lowest BCUT2D eigenvalue weighted by molar-refractivity contribution is 0.187. The van der Waals surface area contributed by atoms with E-state index in [4.69, 9.17) is 4.98 Å². The van der Waals surface area contributed by atoms with Gasteiger partial charge < -0.3 is 4.98 Å². The number of likely N-dealkylation sites (tertiary alicyclic amines) is 1. The zero-order valence-corrected chi connectivity index (χ0v) is 13.8. The quantitative estimate of drug-likeness (QED) is 0.795. The maximum atomic E-state index is 12.3. The molecule has 0 amide bonds. The molecule has 23 heavy (non-hydrogen) atoms. The molecule has 118 valence electrons. The molecule has 3 aromatic rings. The fourth-order valence-corrected chi connectivity index (χ4v) is 4.24. The van der Waals surface area contributed by atoms with Crippen LogP contribution in [0.1, 0.15) is 43.2 Å². The fourth-order valence-electron chi connectivity index (χ4n) is 3.53. The number of aromatic nitrogens is 2. The number of hydrogen-bond donors (Lipinski definition) is 1. The van der Waals surface area contributed by atoms with Gasteiger partial charge in [0.2, 0.25) is 0 Å². The molecule has 0 radical (unpaired) electrons. The summed E-state index contributed by atoms with van der Waals surface area (Å²) in [5.41, 5.74) is 2.09. The van der Waals surface area contributed by atoms with Crippen LogP contribution >= 0.6 is 11.3 Å². The Balaban J connectivity index is 1.71. The zero-order chi connectivity index (χ0) is 15.8. The molecule has 1 N–H and O–H groups in total. The number of nitrogens with zero attached hydrogens (tertiary/aromatic N) is 2. The van der Waals surface area contributed by atoms with E-state index in [2.05, 4.69) is 33.6 Å². The summed E-state index contributed by atoms with van der Waals surface area (Å²) in [7, 11) is 0. The molecule has 0 aliphatic carbocycles. The van der Waals surface area contributed by atoms with E-state index in [9.17, 15) is 4.79 Å². The van der Waals surface area contributed by atoms with Crippen LogP contribution in [0.25, 0.3) is 10.9 Å². The van der Waals surface area contributed by atoms with Gasteiger partial charge in [-0.1, -0.05) is 12.1 Å². The molecule has 1 aliphatic rings. The van der Waals surface area contributed by atoms with Crippen LogP contribution in [-0.4, -0.2) is 21.4 Å². The Labute approximate surface area is 138 Å². The first-order valence-corrected chi connectivity index (χ1v) is 8.95. The Morgan fingerprint density at radius 2 is 2.22 bits per heavy atom. The summed E-state index contributed by atoms with van der Waals surface area (Å²) in [6.07, 6.45) is 2.35. The van der Waals surface area contributed by atoms with E-state index < -0.39 is 0 Å². The van der Waals surface area contributed by atoms with Gasteiger partial charge in [-0.15, -0.1) is 0 Å². The van der Waals surface area contributed by atoms with Gasteiger partial charge in [0.05, 0.1) is 16.9 Å². The minimum absolute atomic E-state index is 0.0521. The number of benzene rings is 1. The number of aromatic amines is 1. The predicted octanol–water partition coefficient (Wildman–Crippen LogP) is 3.88. The van der Waals surface area contributed by atoms with Crippen molar-refractivity contribution in [3.63, 3.8) is 0 Å². The van der Waals surface area contributed by atoms with E-state index in [-0.39, 0.29) is 11.6 Å². The second-order valence-corrected chi connectivity index (χ2v) is 6.88. The number of rotatable bonds is 3. The Morgan fingerprint density at radius 1 is 1.35 bits per heavy atom. The summed E-state index contributed by atoms with van der Waals surface area (Å²) >= 11 is 1.74. The lowest BCUT2D eigenvalue weighted by Crippen LogP contribution is -2.29. The summed E-state index contributed by atoms with van der Waals surface area (Å²) in [6.45, 7) is 3.18. The molecule has 5 heteroatoms. The van der Waals surface area contributed by atoms with Crippen molar-refractivity contribution in [3.8, 4) is 0 Å². The highest BCUT2D eigenvalue weighted by atomic mass is 32.1. The second kappa shape index (κ2) is 5.91. The van der Waals surface area contributed by atoms with Crippen molar-refractivity contribution in [3.05, 3.63) is 62.8 Å². The van der Waals surface area contributed by atoms with Gasteiger partial charge in [0.15, 0.2) is 0 Å². The van der Waals surface area contributed by atoms with E-state index in [0.29, 0.717) is 11.4 Å². The van der Waals surface area contributed by atoms with Gasteiger partial charge in [0, 0.05) is 6.04 Å². The molecule has 0 unspecified atom stereocenters. The van der Waals surface area contributed by atoms with E-state index in [1.807, 2.05) is 24.3 Å². The average Bonchev–Trinajstić information content (AvgIpc) is 3.25. The molecule has 0 saturated carbocycles. The minimum Gasteiger partial charge on any atom is -0.309 e. The van der Waals surface area contributed by atoms with Crippen molar-refractivity contribution >= 4 is 22.2 Å². The van der Waals surface area contributed by atoms with Crippen molar-refractivity contribution in [2.45, 2.75) is 31.8 Å². The molecule has 0 spiro atoms. The SMILES string of the molecule is C[C@H](c1nc2ccccc2c(=O)[nH]1)N1CCC[C@H]1c1ccsc1. The lowest BCUT2D eigenvalue weighted by atomic mass is 10.1. The summed E-state index contributed by atoms with van der Waals surface area (Å²) in [6, 6.07) is 10.2. The van der Waals surface area contributed by atoms with E-state index in [1.165, 1.54) is 18.4 Å². The third-order valence-corrected chi connectivity index (χ3v) is 5.45. The first-order valence-electron chi connectivity index (χ1n) is 8.01. The van der Waals surface area contributed by atoms with Gasteiger partial charge in [-0.3, -0.25) is 9.69 Å². The predicted molar refractivity (Wildman–Crippen MR) is 93.8 cm³/mol. The summed E-state index contributed by atoms with van der Waals surface area (Å²) < 4.78 is 0. The zero-order valence-electron chi connectivity index (χ0n) is 13.0. The van der Waals surface area contributed by atoms with Crippen molar-refractivity contribution in [1.29, 1.82) is 0 Å². The van der Waals surface area contributed by atoms with Crippen molar-refractivity contribution in [1.82, 2.24) is 14.9 Å². The van der Waals surface area contributed by atoms with E-state index in [0.717, 1.165) is 17.9 Å². The largest absolute Gasteiger partial charge is 0.309 e. The van der Waals surface area contributed by atoms with Gasteiger partial charge in [0.25, 0.3) is 5.56 Å². The molecule has 1 saturated heterocycles. The highest BCUT2D eigenvalue weighted by molar-refractivity contribution is 7.07. The molecule has 1 aromatic carbocycles. The standard InChI is InChI=1S/C18H19N3OS/c1-12(21-9-4-7-16(21)13-8-10-23-11-13)17-19-15-6-3-2-5-14(15)18(22)20-17/h2-3,5-6,8,10-12,16H,4,7,9H2,1H3,(H,19,20,22)/t12-,16+/m1/s1. The highest BCUT2D eigenvalue weighted by Gasteiger charge is 2.31. The summed E-state index contributed by atoms with van der Waals surface area (Å²) in [5, 5.41) is 5.01. The Bertz CT molecular complexity index is 871. The highest BCUT2D eigenvalue weighted by Crippen LogP contribution is 2.38. The van der Waals surface area contributed by atoms with Crippen LogP contribution in [0.15, 0.2) is 45.9 Å². The average molecular weight is 325 g/mol. The van der Waals surface area contributed by atoms with Gasteiger partial charge in [-0.2, -0.15) is 11.3 Å². The molecule has 0 bridgehead atoms. The first-order chi connectivity index (χ1) is 11.2. The number of H-pyrrole nitrogens is 1. The van der Waals surface area contributed by atoms with Crippen molar-refractivity contribution in [2.24, 2.45) is 0 Å². The lowest BCUT2D eigenvalue weighted by Gasteiger charge is -2.29. The molecule has 3 heterocycles. The van der Waals surface area contributed by atoms with Gasteiger partial charge in [0.1, 0.15) is 5.82 Å². The maximum absolute atomic E-state index is 12.3. The van der Waals surface area contributed by atoms with Crippen molar-refractivity contribution < 1.29 is 0 Å². The number of nitrogens with one attached hydrogen (secondary N) is 1. The van der Waals surface area contributed by atoms with Crippen LogP contribution in [0.3, 0.4) is 0 Å². The molecule has 1 aliphatic heterocycles. The molecule has 4 nitrogen and oxygen atoms in total. The van der Waals surface area contributed by atoms with Crippen LogP contribution in [0.5, 0.6) is 0 Å². The topological polar surface area (TPSA) is 49.0 Å². The number of para-hydroxylation sites is 1. The van der Waals surface area contributed by atoms with Crippen LogP contribution in [0.2, 0.25) is 0 Å². The normalized spacial score (nSPS) is 20.1. The molecular weight excluding hydrogens is 306 g/mol. The van der Waals surface area contributed by atoms with E-state index in [1.54, 1.807) is 11.3 Å². The molecule has 2 aromatic heterocycles. The van der Waals surface area contributed by atoms with Gasteiger partial charge in [-0.25, -0.2) is 4.98 Å². The maximum Gasteiger partial charge on any atom is 0.258 e. The molecular formula is C18H19N3OS. The minimum atomic E-state index is -0.0521. The van der Waals surface area contributed by atoms with Gasteiger partial charge >= 0.3 is 0 Å². The summed E-state index contributed by atoms with van der Waals surface area (Å²) in [5.74, 6) is 0.760. The molecule has 4 rings (SSSR count). The monoisotopic (exact) mass is 325 g/mol. The smallest absolute Gasteiger partial charge is 0.258 e. The third kappa shape index (κ3) is 2.60. The third-order valence-electron chi connectivity index (χ3n) is 4.75. The Kier molecular flexibility index (Phi) is 3.75. The van der Waals surface area contributed by atoms with Crippen LogP contribution < -0.4 is 5.56 Å². The number of hydrogen-bond acceptors (Lipinski definition) is 4. The van der Waals surface area contributed by atoms with Crippen molar-refractivity contribution in [2.75, 3.05) is 6.54 Å².